The van der Waals surface area contributed by atoms with Crippen LogP contribution in [0.3, 0.4) is 0 Å². The van der Waals surface area contributed by atoms with E-state index < -0.39 is 5.97 Å². The number of hydrogen-bond donors (Lipinski definition) is 0. The topological polar surface area (TPSA) is 43.4 Å². The van der Waals surface area contributed by atoms with Gasteiger partial charge < -0.3 is 4.74 Å². The van der Waals surface area contributed by atoms with Crippen molar-refractivity contribution in [3.8, 4) is 0 Å². The highest BCUT2D eigenvalue weighted by molar-refractivity contribution is 6.19. The van der Waals surface area contributed by atoms with Crippen molar-refractivity contribution in [1.29, 1.82) is 0 Å². The van der Waals surface area contributed by atoms with Crippen molar-refractivity contribution in [2.24, 2.45) is 0 Å². The van der Waals surface area contributed by atoms with Crippen molar-refractivity contribution < 1.29 is 14.3 Å². The first-order valence-electron chi connectivity index (χ1n) is 4.51. The Bertz CT molecular complexity index is 391. The molecule has 3 heteroatoms. The maximum Gasteiger partial charge on any atom is 0.341 e. The minimum absolute atomic E-state index is 0.0590. The number of ether oxygens (including phenoxy) is 1. The average Bonchev–Trinajstić information content (AvgIpc) is 2.26. The molecule has 0 aliphatic rings. The van der Waals surface area contributed by atoms with Gasteiger partial charge in [-0.15, -0.1) is 0 Å². The first kappa shape index (κ1) is 11.2. The maximum atomic E-state index is 11.2. The molecular formula is C12H12O3. The highest BCUT2D eigenvalue weighted by Crippen LogP contribution is 2.08. The number of carbonyl (C=O) groups is 2. The van der Waals surface area contributed by atoms with Gasteiger partial charge in [-0.1, -0.05) is 30.3 Å². The Kier molecular flexibility index (Phi) is 3.80. The standard InChI is InChI=1S/C12H12O3/c1-9(13)11(12(14)15-2)8-10-6-4-3-5-7-10/h3-8H,1-2H3/b11-8+. The second-order valence-electron chi connectivity index (χ2n) is 3.02. The van der Waals surface area contributed by atoms with E-state index in [2.05, 4.69) is 4.74 Å². The van der Waals surface area contributed by atoms with Gasteiger partial charge in [0.05, 0.1) is 7.11 Å². The predicted molar refractivity (Wildman–Crippen MR) is 57.1 cm³/mol. The summed E-state index contributed by atoms with van der Waals surface area (Å²) >= 11 is 0. The summed E-state index contributed by atoms with van der Waals surface area (Å²) in [6.07, 6.45) is 1.52. The molecule has 0 aliphatic heterocycles. The third-order valence-corrected chi connectivity index (χ3v) is 1.90. The maximum absolute atomic E-state index is 11.2. The first-order valence-corrected chi connectivity index (χ1v) is 4.51. The zero-order valence-corrected chi connectivity index (χ0v) is 8.69. The Morgan fingerprint density at radius 2 is 1.80 bits per heavy atom. The van der Waals surface area contributed by atoms with Crippen LogP contribution in [0.5, 0.6) is 0 Å². The van der Waals surface area contributed by atoms with Crippen LogP contribution < -0.4 is 0 Å². The number of hydrogen-bond acceptors (Lipinski definition) is 3. The fourth-order valence-electron chi connectivity index (χ4n) is 1.13. The molecule has 0 atom stereocenters. The van der Waals surface area contributed by atoms with Gasteiger partial charge in [-0.2, -0.15) is 0 Å². The molecule has 0 saturated heterocycles. The van der Waals surface area contributed by atoms with Crippen LogP contribution in [0.2, 0.25) is 0 Å². The predicted octanol–water partition coefficient (Wildman–Crippen LogP) is 1.83. The van der Waals surface area contributed by atoms with Crippen molar-refractivity contribution in [3.63, 3.8) is 0 Å². The molecule has 0 amide bonds. The molecule has 0 radical (unpaired) electrons. The van der Waals surface area contributed by atoms with E-state index in [0.717, 1.165) is 5.56 Å². The quantitative estimate of drug-likeness (QED) is 0.326. The van der Waals surface area contributed by atoms with Crippen LogP contribution in [0.4, 0.5) is 0 Å². The summed E-state index contributed by atoms with van der Waals surface area (Å²) in [5, 5.41) is 0. The van der Waals surface area contributed by atoms with E-state index in [1.165, 1.54) is 20.1 Å². The summed E-state index contributed by atoms with van der Waals surface area (Å²) in [7, 11) is 1.25. The number of methoxy groups -OCH3 is 1. The Hall–Kier alpha value is -1.90. The molecule has 0 fully saturated rings. The molecule has 0 heterocycles. The van der Waals surface area contributed by atoms with E-state index in [1.54, 1.807) is 0 Å². The lowest BCUT2D eigenvalue weighted by atomic mass is 10.1. The second kappa shape index (κ2) is 5.10. The third kappa shape index (κ3) is 3.06. The molecule has 0 bridgehead atoms. The molecule has 3 nitrogen and oxygen atoms in total. The molecule has 0 spiro atoms. The van der Waals surface area contributed by atoms with Gasteiger partial charge in [0.15, 0.2) is 5.78 Å². The van der Waals surface area contributed by atoms with Gasteiger partial charge in [0.2, 0.25) is 0 Å². The van der Waals surface area contributed by atoms with Crippen molar-refractivity contribution in [1.82, 2.24) is 0 Å². The molecule has 0 aliphatic carbocycles. The number of esters is 1. The molecule has 1 aromatic rings. The summed E-state index contributed by atoms with van der Waals surface area (Å²) in [5.41, 5.74) is 0.858. The molecule has 0 saturated carbocycles. The van der Waals surface area contributed by atoms with Crippen molar-refractivity contribution in [3.05, 3.63) is 41.5 Å². The van der Waals surface area contributed by atoms with E-state index in [9.17, 15) is 9.59 Å². The van der Waals surface area contributed by atoms with Crippen LogP contribution in [0.25, 0.3) is 6.08 Å². The van der Waals surface area contributed by atoms with Crippen LogP contribution in [-0.4, -0.2) is 18.9 Å². The van der Waals surface area contributed by atoms with Gasteiger partial charge in [0.1, 0.15) is 5.57 Å². The normalized spacial score (nSPS) is 10.9. The summed E-state index contributed by atoms with van der Waals surface area (Å²) in [4.78, 5) is 22.4. The Labute approximate surface area is 88.4 Å². The van der Waals surface area contributed by atoms with Crippen LogP contribution in [0.15, 0.2) is 35.9 Å². The van der Waals surface area contributed by atoms with Crippen molar-refractivity contribution >= 4 is 17.8 Å². The Balaban J connectivity index is 3.05. The number of ketones is 1. The van der Waals surface area contributed by atoms with E-state index in [-0.39, 0.29) is 11.4 Å². The van der Waals surface area contributed by atoms with Gasteiger partial charge in [-0.05, 0) is 18.6 Å². The van der Waals surface area contributed by atoms with Gasteiger partial charge in [0.25, 0.3) is 0 Å². The molecule has 0 aromatic heterocycles. The summed E-state index contributed by atoms with van der Waals surface area (Å²) in [5.74, 6) is -0.906. The summed E-state index contributed by atoms with van der Waals surface area (Å²) in [6, 6.07) is 9.16. The number of carbonyl (C=O) groups excluding carboxylic acids is 2. The molecular weight excluding hydrogens is 192 g/mol. The third-order valence-electron chi connectivity index (χ3n) is 1.90. The number of rotatable bonds is 3. The molecule has 15 heavy (non-hydrogen) atoms. The highest BCUT2D eigenvalue weighted by atomic mass is 16.5. The molecule has 1 aromatic carbocycles. The first-order chi connectivity index (χ1) is 7.15. The van der Waals surface area contributed by atoms with Gasteiger partial charge >= 0.3 is 5.97 Å². The lowest BCUT2D eigenvalue weighted by Gasteiger charge is -2.01. The molecule has 78 valence electrons. The fraction of sp³-hybridized carbons (Fsp3) is 0.167. The SMILES string of the molecule is COC(=O)/C(=C/c1ccccc1)C(C)=O. The number of benzene rings is 1. The zero-order valence-electron chi connectivity index (χ0n) is 8.69. The van der Waals surface area contributed by atoms with Gasteiger partial charge in [-0.3, -0.25) is 4.79 Å². The van der Waals surface area contributed by atoms with Gasteiger partial charge in [0, 0.05) is 0 Å². The lowest BCUT2D eigenvalue weighted by Crippen LogP contribution is -2.11. The monoisotopic (exact) mass is 204 g/mol. The molecule has 1 rings (SSSR count). The minimum atomic E-state index is -0.605. The van der Waals surface area contributed by atoms with Crippen LogP contribution >= 0.6 is 0 Å². The van der Waals surface area contributed by atoms with Crippen molar-refractivity contribution in [2.75, 3.05) is 7.11 Å². The highest BCUT2D eigenvalue weighted by Gasteiger charge is 2.14. The Morgan fingerprint density at radius 1 is 1.20 bits per heavy atom. The smallest absolute Gasteiger partial charge is 0.341 e. The van der Waals surface area contributed by atoms with E-state index in [4.69, 9.17) is 0 Å². The van der Waals surface area contributed by atoms with E-state index in [0.29, 0.717) is 0 Å². The zero-order chi connectivity index (χ0) is 11.3. The van der Waals surface area contributed by atoms with Crippen molar-refractivity contribution in [2.45, 2.75) is 6.92 Å². The number of Topliss-reactive ketones (excluding diaryl/α,β-unsaturated/α-hetero) is 1. The van der Waals surface area contributed by atoms with E-state index in [1.807, 2.05) is 30.3 Å². The summed E-state index contributed by atoms with van der Waals surface area (Å²) < 4.78 is 4.52. The second-order valence-corrected chi connectivity index (χ2v) is 3.02. The Morgan fingerprint density at radius 3 is 2.27 bits per heavy atom. The molecule has 0 unspecified atom stereocenters. The molecule has 0 N–H and O–H groups in total. The minimum Gasteiger partial charge on any atom is -0.465 e. The van der Waals surface area contributed by atoms with Crippen LogP contribution in [-0.2, 0) is 14.3 Å². The fourth-order valence-corrected chi connectivity index (χ4v) is 1.13. The van der Waals surface area contributed by atoms with Crippen LogP contribution in [0.1, 0.15) is 12.5 Å². The lowest BCUT2D eigenvalue weighted by molar-refractivity contribution is -0.137. The van der Waals surface area contributed by atoms with Gasteiger partial charge in [-0.25, -0.2) is 4.79 Å². The largest absolute Gasteiger partial charge is 0.465 e. The summed E-state index contributed by atoms with van der Waals surface area (Å²) in [6.45, 7) is 1.34. The average molecular weight is 204 g/mol. The van der Waals surface area contributed by atoms with E-state index >= 15 is 0 Å². The van der Waals surface area contributed by atoms with Crippen LogP contribution in [0, 0.1) is 0 Å².